The van der Waals surface area contributed by atoms with Crippen molar-refractivity contribution in [3.8, 4) is 5.75 Å². The van der Waals surface area contributed by atoms with Gasteiger partial charge in [-0.15, -0.1) is 0 Å². The van der Waals surface area contributed by atoms with E-state index in [1.165, 1.54) is 18.2 Å². The summed E-state index contributed by atoms with van der Waals surface area (Å²) >= 11 is 0. The Morgan fingerprint density at radius 2 is 2.20 bits per heavy atom. The summed E-state index contributed by atoms with van der Waals surface area (Å²) in [6, 6.07) is 4.42. The fraction of sp³-hybridized carbons (Fsp3) is 0.273. The standard InChI is InChI=1S/C11H12N2O6S/c1-7-4-8(19-6-11(15)16)2-3-9(7)13-5-10(14)12-20(13,17)18/h2-4H,5-6H2,1H3,(H,12,14)(H,15,16). The van der Waals surface area contributed by atoms with E-state index in [2.05, 4.69) is 0 Å². The van der Waals surface area contributed by atoms with E-state index in [1.807, 2.05) is 4.72 Å². The van der Waals surface area contributed by atoms with E-state index in [9.17, 15) is 18.0 Å². The highest BCUT2D eigenvalue weighted by atomic mass is 32.2. The highest BCUT2D eigenvalue weighted by Crippen LogP contribution is 2.27. The number of amides is 1. The Balaban J connectivity index is 2.26. The van der Waals surface area contributed by atoms with Gasteiger partial charge in [-0.2, -0.15) is 8.42 Å². The van der Waals surface area contributed by atoms with Crippen molar-refractivity contribution in [2.24, 2.45) is 0 Å². The first-order valence-electron chi connectivity index (χ1n) is 5.58. The molecule has 1 saturated heterocycles. The van der Waals surface area contributed by atoms with Gasteiger partial charge in [-0.1, -0.05) is 0 Å². The summed E-state index contributed by atoms with van der Waals surface area (Å²) in [5, 5.41) is 8.51. The van der Waals surface area contributed by atoms with Gasteiger partial charge in [0, 0.05) is 0 Å². The van der Waals surface area contributed by atoms with Gasteiger partial charge in [-0.05, 0) is 30.7 Å². The number of carbonyl (C=O) groups excluding carboxylic acids is 1. The Morgan fingerprint density at radius 3 is 2.70 bits per heavy atom. The highest BCUT2D eigenvalue weighted by Gasteiger charge is 2.34. The van der Waals surface area contributed by atoms with Crippen molar-refractivity contribution in [3.05, 3.63) is 23.8 Å². The summed E-state index contributed by atoms with van der Waals surface area (Å²) < 4.78 is 31.2. The molecule has 1 amide bonds. The lowest BCUT2D eigenvalue weighted by Crippen LogP contribution is -2.30. The van der Waals surface area contributed by atoms with Crippen LogP contribution in [-0.4, -0.2) is 38.6 Å². The second kappa shape index (κ2) is 5.00. The van der Waals surface area contributed by atoms with Crippen LogP contribution < -0.4 is 13.8 Å². The van der Waals surface area contributed by atoms with Gasteiger partial charge in [0.15, 0.2) is 6.61 Å². The minimum absolute atomic E-state index is 0.279. The van der Waals surface area contributed by atoms with E-state index < -0.39 is 28.7 Å². The minimum atomic E-state index is -3.85. The van der Waals surface area contributed by atoms with Crippen LogP contribution in [0.3, 0.4) is 0 Å². The molecule has 108 valence electrons. The van der Waals surface area contributed by atoms with Gasteiger partial charge in [0.1, 0.15) is 12.3 Å². The number of hydrogen-bond donors (Lipinski definition) is 2. The highest BCUT2D eigenvalue weighted by molar-refractivity contribution is 7.92. The number of rotatable bonds is 4. The molecule has 8 nitrogen and oxygen atoms in total. The Labute approximate surface area is 115 Å². The second-order valence-corrected chi connectivity index (χ2v) is 5.76. The molecular formula is C11H12N2O6S. The predicted molar refractivity (Wildman–Crippen MR) is 68.7 cm³/mol. The molecule has 1 fully saturated rings. The van der Waals surface area contributed by atoms with E-state index in [0.29, 0.717) is 17.0 Å². The number of ether oxygens (including phenoxy) is 1. The Morgan fingerprint density at radius 1 is 1.50 bits per heavy atom. The summed E-state index contributed by atoms with van der Waals surface area (Å²) in [5.74, 6) is -1.40. The van der Waals surface area contributed by atoms with Crippen molar-refractivity contribution in [2.75, 3.05) is 17.5 Å². The van der Waals surface area contributed by atoms with Crippen molar-refractivity contribution >= 4 is 27.8 Å². The molecular weight excluding hydrogens is 288 g/mol. The maximum atomic E-state index is 11.7. The number of carboxylic acid groups (broad SMARTS) is 1. The zero-order chi connectivity index (χ0) is 14.9. The summed E-state index contributed by atoms with van der Waals surface area (Å²) in [5.41, 5.74) is 0.888. The molecule has 20 heavy (non-hydrogen) atoms. The molecule has 2 N–H and O–H groups in total. The number of anilines is 1. The Bertz CT molecular complexity index is 669. The summed E-state index contributed by atoms with van der Waals surface area (Å²) in [6.07, 6.45) is 0. The average molecular weight is 300 g/mol. The summed E-state index contributed by atoms with van der Waals surface area (Å²) in [6.45, 7) is 0.876. The molecule has 0 radical (unpaired) electrons. The minimum Gasteiger partial charge on any atom is -0.482 e. The Hall–Kier alpha value is -2.29. The van der Waals surface area contributed by atoms with Crippen LogP contribution in [0.25, 0.3) is 0 Å². The monoisotopic (exact) mass is 300 g/mol. The lowest BCUT2D eigenvalue weighted by Gasteiger charge is -2.17. The first kappa shape index (κ1) is 14.1. The van der Waals surface area contributed by atoms with Crippen molar-refractivity contribution in [2.45, 2.75) is 6.92 Å². The van der Waals surface area contributed by atoms with Crippen LogP contribution in [0, 0.1) is 6.92 Å². The molecule has 0 atom stereocenters. The fourth-order valence-corrected chi connectivity index (χ4v) is 3.02. The topological polar surface area (TPSA) is 113 Å². The number of aryl methyl sites for hydroxylation is 1. The van der Waals surface area contributed by atoms with Crippen LogP contribution in [0.5, 0.6) is 5.75 Å². The first-order valence-corrected chi connectivity index (χ1v) is 7.02. The van der Waals surface area contributed by atoms with Crippen molar-refractivity contribution in [1.29, 1.82) is 0 Å². The molecule has 1 aromatic rings. The number of carbonyl (C=O) groups is 2. The normalized spacial score (nSPS) is 16.9. The molecule has 9 heteroatoms. The first-order chi connectivity index (χ1) is 9.29. The molecule has 0 aliphatic carbocycles. The largest absolute Gasteiger partial charge is 0.482 e. The maximum absolute atomic E-state index is 11.7. The van der Waals surface area contributed by atoms with E-state index in [0.717, 1.165) is 4.31 Å². The second-order valence-electron chi connectivity index (χ2n) is 4.17. The van der Waals surface area contributed by atoms with Gasteiger partial charge in [-0.25, -0.2) is 13.8 Å². The van der Waals surface area contributed by atoms with Crippen LogP contribution in [-0.2, 0) is 19.8 Å². The zero-order valence-corrected chi connectivity index (χ0v) is 11.3. The van der Waals surface area contributed by atoms with Gasteiger partial charge >= 0.3 is 16.2 Å². The van der Waals surface area contributed by atoms with E-state index in [4.69, 9.17) is 9.84 Å². The predicted octanol–water partition coefficient (Wildman–Crippen LogP) is -0.361. The molecule has 0 bridgehead atoms. The maximum Gasteiger partial charge on any atom is 0.341 e. The van der Waals surface area contributed by atoms with Crippen LogP contribution >= 0.6 is 0 Å². The van der Waals surface area contributed by atoms with E-state index in [-0.39, 0.29) is 6.54 Å². The molecule has 1 heterocycles. The number of carboxylic acids is 1. The lowest BCUT2D eigenvalue weighted by atomic mass is 10.2. The molecule has 1 aliphatic rings. The molecule has 0 spiro atoms. The van der Waals surface area contributed by atoms with Gasteiger partial charge in [0.2, 0.25) is 0 Å². The van der Waals surface area contributed by atoms with Gasteiger partial charge in [0.05, 0.1) is 5.69 Å². The molecule has 1 aromatic carbocycles. The van der Waals surface area contributed by atoms with Crippen molar-refractivity contribution in [3.63, 3.8) is 0 Å². The molecule has 0 saturated carbocycles. The fourth-order valence-electron chi connectivity index (χ4n) is 1.80. The molecule has 0 aromatic heterocycles. The number of benzene rings is 1. The number of nitrogens with zero attached hydrogens (tertiary/aromatic N) is 1. The van der Waals surface area contributed by atoms with Crippen LogP contribution in [0.2, 0.25) is 0 Å². The molecule has 2 rings (SSSR count). The zero-order valence-electron chi connectivity index (χ0n) is 10.5. The third-order valence-corrected chi connectivity index (χ3v) is 4.01. The Kier molecular flexibility index (Phi) is 3.53. The van der Waals surface area contributed by atoms with E-state index >= 15 is 0 Å². The number of nitrogens with one attached hydrogen (secondary N) is 1. The van der Waals surface area contributed by atoms with Crippen LogP contribution in [0.1, 0.15) is 5.56 Å². The number of aliphatic carboxylic acids is 1. The van der Waals surface area contributed by atoms with Crippen molar-refractivity contribution < 1.29 is 27.9 Å². The van der Waals surface area contributed by atoms with Crippen molar-refractivity contribution in [1.82, 2.24) is 4.72 Å². The van der Waals surface area contributed by atoms with Gasteiger partial charge in [-0.3, -0.25) is 4.79 Å². The number of hydrogen-bond acceptors (Lipinski definition) is 5. The quantitative estimate of drug-likeness (QED) is 0.785. The smallest absolute Gasteiger partial charge is 0.341 e. The van der Waals surface area contributed by atoms with Gasteiger partial charge in [0.25, 0.3) is 5.91 Å². The van der Waals surface area contributed by atoms with Gasteiger partial charge < -0.3 is 9.84 Å². The molecule has 0 unspecified atom stereocenters. The van der Waals surface area contributed by atoms with Crippen LogP contribution in [0.15, 0.2) is 18.2 Å². The lowest BCUT2D eigenvalue weighted by molar-refractivity contribution is -0.139. The third kappa shape index (κ3) is 2.82. The van der Waals surface area contributed by atoms with Crippen LogP contribution in [0.4, 0.5) is 5.69 Å². The average Bonchev–Trinajstić information content (AvgIpc) is 2.60. The third-order valence-electron chi connectivity index (χ3n) is 2.62. The summed E-state index contributed by atoms with van der Waals surface area (Å²) in [4.78, 5) is 21.6. The SMILES string of the molecule is Cc1cc(OCC(=O)O)ccc1N1CC(=O)NS1(=O)=O. The molecule has 1 aliphatic heterocycles. The van der Waals surface area contributed by atoms with E-state index in [1.54, 1.807) is 6.92 Å². The summed E-state index contributed by atoms with van der Waals surface area (Å²) in [7, 11) is -3.85.